The van der Waals surface area contributed by atoms with E-state index in [1.54, 1.807) is 18.2 Å². The van der Waals surface area contributed by atoms with Crippen molar-refractivity contribution in [1.29, 1.82) is 0 Å². The number of anilines is 1. The Kier molecular flexibility index (Phi) is 3.80. The number of hydrogen-bond donors (Lipinski definition) is 1. The normalized spacial score (nSPS) is 17.4. The first kappa shape index (κ1) is 15.8. The average molecular weight is 401 g/mol. The summed E-state index contributed by atoms with van der Waals surface area (Å²) in [5, 5.41) is 9.11. The summed E-state index contributed by atoms with van der Waals surface area (Å²) in [4.78, 5) is 29.2. The van der Waals surface area contributed by atoms with Gasteiger partial charge in [-0.05, 0) is 40.2 Å². The standard InChI is InChI=1S/C18H13BrN2O4/c19-13-4-2-1-3-12(13)17-20-14-6-5-11(8-15(14)25-17)21-9-10(18(23)24)7-16(21)22/h1-6,8,10H,7,9H2,(H,23,24)/t10-/m0/s1. The fourth-order valence-corrected chi connectivity index (χ4v) is 3.41. The van der Waals surface area contributed by atoms with Gasteiger partial charge in [-0.3, -0.25) is 9.59 Å². The van der Waals surface area contributed by atoms with Gasteiger partial charge in [0.25, 0.3) is 0 Å². The predicted octanol–water partition coefficient (Wildman–Crippen LogP) is 3.69. The van der Waals surface area contributed by atoms with Crippen LogP contribution in [0.4, 0.5) is 5.69 Å². The maximum absolute atomic E-state index is 12.1. The summed E-state index contributed by atoms with van der Waals surface area (Å²) in [6, 6.07) is 12.9. The first-order chi connectivity index (χ1) is 12.0. The Labute approximate surface area is 151 Å². The molecule has 0 unspecified atom stereocenters. The third-order valence-corrected chi connectivity index (χ3v) is 4.95. The number of amides is 1. The molecule has 1 aliphatic rings. The summed E-state index contributed by atoms with van der Waals surface area (Å²) in [7, 11) is 0. The first-order valence-electron chi connectivity index (χ1n) is 7.71. The minimum absolute atomic E-state index is 0.0198. The van der Waals surface area contributed by atoms with Crippen molar-refractivity contribution in [2.24, 2.45) is 5.92 Å². The molecule has 7 heteroatoms. The third kappa shape index (κ3) is 2.80. The molecule has 1 amide bonds. The van der Waals surface area contributed by atoms with Crippen molar-refractivity contribution in [1.82, 2.24) is 4.98 Å². The highest BCUT2D eigenvalue weighted by atomic mass is 79.9. The maximum atomic E-state index is 12.1. The van der Waals surface area contributed by atoms with Gasteiger partial charge in [0.2, 0.25) is 11.8 Å². The molecule has 1 N–H and O–H groups in total. The summed E-state index contributed by atoms with van der Waals surface area (Å²) in [6.07, 6.45) is 0.0198. The van der Waals surface area contributed by atoms with Crippen LogP contribution in [-0.2, 0) is 9.59 Å². The van der Waals surface area contributed by atoms with Gasteiger partial charge in [0, 0.05) is 29.2 Å². The molecule has 0 radical (unpaired) electrons. The van der Waals surface area contributed by atoms with E-state index >= 15 is 0 Å². The number of benzene rings is 2. The molecule has 1 atom stereocenters. The van der Waals surface area contributed by atoms with Gasteiger partial charge in [-0.1, -0.05) is 12.1 Å². The first-order valence-corrected chi connectivity index (χ1v) is 8.51. The van der Waals surface area contributed by atoms with E-state index in [9.17, 15) is 9.59 Å². The smallest absolute Gasteiger partial charge is 0.308 e. The highest BCUT2D eigenvalue weighted by molar-refractivity contribution is 9.10. The number of carbonyl (C=O) groups is 2. The molecule has 1 fully saturated rings. The summed E-state index contributed by atoms with van der Waals surface area (Å²) < 4.78 is 6.73. The lowest BCUT2D eigenvalue weighted by molar-refractivity contribution is -0.141. The van der Waals surface area contributed by atoms with Crippen LogP contribution < -0.4 is 4.90 Å². The Hall–Kier alpha value is -2.67. The Balaban J connectivity index is 1.71. The lowest BCUT2D eigenvalue weighted by Crippen LogP contribution is -2.25. The molecule has 126 valence electrons. The Morgan fingerprint density at radius 3 is 2.80 bits per heavy atom. The Morgan fingerprint density at radius 2 is 2.08 bits per heavy atom. The minimum atomic E-state index is -0.951. The largest absolute Gasteiger partial charge is 0.481 e. The van der Waals surface area contributed by atoms with Gasteiger partial charge in [0.05, 0.1) is 11.5 Å². The molecule has 1 aromatic heterocycles. The number of aliphatic carboxylic acids is 1. The highest BCUT2D eigenvalue weighted by Crippen LogP contribution is 2.33. The summed E-state index contributed by atoms with van der Waals surface area (Å²) in [5.41, 5.74) is 2.69. The number of oxazole rings is 1. The number of carboxylic acid groups (broad SMARTS) is 1. The quantitative estimate of drug-likeness (QED) is 0.724. The summed E-state index contributed by atoms with van der Waals surface area (Å²) in [6.45, 7) is 0.172. The molecule has 25 heavy (non-hydrogen) atoms. The Morgan fingerprint density at radius 1 is 1.28 bits per heavy atom. The zero-order valence-electron chi connectivity index (χ0n) is 13.0. The second-order valence-corrected chi connectivity index (χ2v) is 6.75. The molecule has 0 aliphatic carbocycles. The number of carboxylic acids is 1. The number of fused-ring (bicyclic) bond motifs is 1. The van der Waals surface area contributed by atoms with Gasteiger partial charge in [0.15, 0.2) is 5.58 Å². The minimum Gasteiger partial charge on any atom is -0.481 e. The maximum Gasteiger partial charge on any atom is 0.308 e. The van der Waals surface area contributed by atoms with Gasteiger partial charge >= 0.3 is 5.97 Å². The zero-order chi connectivity index (χ0) is 17.6. The molecule has 1 aliphatic heterocycles. The van der Waals surface area contributed by atoms with E-state index in [0.717, 1.165) is 10.0 Å². The van der Waals surface area contributed by atoms with E-state index in [4.69, 9.17) is 9.52 Å². The van der Waals surface area contributed by atoms with E-state index < -0.39 is 11.9 Å². The average Bonchev–Trinajstić information content (AvgIpc) is 3.18. The van der Waals surface area contributed by atoms with E-state index in [2.05, 4.69) is 20.9 Å². The number of hydrogen-bond acceptors (Lipinski definition) is 4. The van der Waals surface area contributed by atoms with Crippen molar-refractivity contribution in [2.75, 3.05) is 11.4 Å². The predicted molar refractivity (Wildman–Crippen MR) is 95.2 cm³/mol. The van der Waals surface area contributed by atoms with E-state index in [0.29, 0.717) is 22.7 Å². The lowest BCUT2D eigenvalue weighted by atomic mass is 10.1. The van der Waals surface area contributed by atoms with Crippen LogP contribution in [-0.4, -0.2) is 28.5 Å². The molecule has 2 aromatic carbocycles. The number of rotatable bonds is 3. The second-order valence-electron chi connectivity index (χ2n) is 5.89. The van der Waals surface area contributed by atoms with Gasteiger partial charge in [-0.25, -0.2) is 4.98 Å². The van der Waals surface area contributed by atoms with Crippen molar-refractivity contribution in [3.63, 3.8) is 0 Å². The van der Waals surface area contributed by atoms with Crippen molar-refractivity contribution >= 4 is 44.6 Å². The number of nitrogens with zero attached hydrogens (tertiary/aromatic N) is 2. The molecule has 0 spiro atoms. The van der Waals surface area contributed by atoms with E-state index in [1.807, 2.05) is 24.3 Å². The lowest BCUT2D eigenvalue weighted by Gasteiger charge is -2.15. The van der Waals surface area contributed by atoms with Gasteiger partial charge in [-0.2, -0.15) is 0 Å². The summed E-state index contributed by atoms with van der Waals surface area (Å²) in [5.74, 6) is -1.34. The van der Waals surface area contributed by atoms with Gasteiger partial charge in [0.1, 0.15) is 5.52 Å². The monoisotopic (exact) mass is 400 g/mol. The van der Waals surface area contributed by atoms with Crippen LogP contribution >= 0.6 is 15.9 Å². The molecular formula is C18H13BrN2O4. The van der Waals surface area contributed by atoms with E-state index in [-0.39, 0.29) is 18.9 Å². The molecule has 4 rings (SSSR count). The number of carbonyl (C=O) groups excluding carboxylic acids is 1. The van der Waals surface area contributed by atoms with Crippen molar-refractivity contribution in [2.45, 2.75) is 6.42 Å². The topological polar surface area (TPSA) is 83.6 Å². The molecular weight excluding hydrogens is 388 g/mol. The molecule has 6 nitrogen and oxygen atoms in total. The molecule has 0 bridgehead atoms. The molecule has 2 heterocycles. The van der Waals surface area contributed by atoms with Crippen molar-refractivity contribution in [3.05, 3.63) is 46.9 Å². The number of halogens is 1. The van der Waals surface area contributed by atoms with Crippen LogP contribution in [0.3, 0.4) is 0 Å². The fraction of sp³-hybridized carbons (Fsp3) is 0.167. The van der Waals surface area contributed by atoms with Crippen LogP contribution in [0, 0.1) is 5.92 Å². The molecule has 1 saturated heterocycles. The van der Waals surface area contributed by atoms with Crippen LogP contribution in [0.2, 0.25) is 0 Å². The molecule has 0 saturated carbocycles. The van der Waals surface area contributed by atoms with Gasteiger partial charge < -0.3 is 14.4 Å². The van der Waals surface area contributed by atoms with Crippen molar-refractivity contribution in [3.8, 4) is 11.5 Å². The van der Waals surface area contributed by atoms with Crippen LogP contribution in [0.5, 0.6) is 0 Å². The Bertz CT molecular complexity index is 998. The van der Waals surface area contributed by atoms with E-state index in [1.165, 1.54) is 4.90 Å². The van der Waals surface area contributed by atoms with Crippen LogP contribution in [0.15, 0.2) is 51.4 Å². The number of aromatic nitrogens is 1. The van der Waals surface area contributed by atoms with Crippen molar-refractivity contribution < 1.29 is 19.1 Å². The molecule has 3 aromatic rings. The second kappa shape index (κ2) is 6.00. The third-order valence-electron chi connectivity index (χ3n) is 4.26. The van der Waals surface area contributed by atoms with Gasteiger partial charge in [-0.15, -0.1) is 0 Å². The fourth-order valence-electron chi connectivity index (χ4n) is 2.95. The van der Waals surface area contributed by atoms with Crippen LogP contribution in [0.1, 0.15) is 6.42 Å². The SMILES string of the molecule is O=C(O)[C@H]1CC(=O)N(c2ccc3nc(-c4ccccc4Br)oc3c2)C1. The highest BCUT2D eigenvalue weighted by Gasteiger charge is 2.35. The summed E-state index contributed by atoms with van der Waals surface area (Å²) >= 11 is 3.48. The van der Waals surface area contributed by atoms with Crippen LogP contribution in [0.25, 0.3) is 22.6 Å². The zero-order valence-corrected chi connectivity index (χ0v) is 14.6.